The fourth-order valence-corrected chi connectivity index (χ4v) is 14.9. The van der Waals surface area contributed by atoms with E-state index < -0.39 is 12.1 Å². The quantitative estimate of drug-likeness (QED) is 0.291. The summed E-state index contributed by atoms with van der Waals surface area (Å²) < 4.78 is 0. The van der Waals surface area contributed by atoms with E-state index in [0.29, 0.717) is 0 Å². The topological polar surface area (TPSA) is 0 Å². The third-order valence-electron chi connectivity index (χ3n) is 6.40. The zero-order chi connectivity index (χ0) is 22.6. The summed E-state index contributed by atoms with van der Waals surface area (Å²) in [6.45, 7) is 4.69. The first kappa shape index (κ1) is 23.3. The highest BCUT2D eigenvalue weighted by molar-refractivity contribution is 8.24. The highest BCUT2D eigenvalue weighted by Crippen LogP contribution is 2.60. The Bertz CT molecular complexity index is 1050. The highest BCUT2D eigenvalue weighted by Gasteiger charge is 2.40. The summed E-state index contributed by atoms with van der Waals surface area (Å²) in [5.74, 6) is 0. The van der Waals surface area contributed by atoms with Gasteiger partial charge in [-0.3, -0.25) is 0 Å². The molecule has 2 atom stereocenters. The minimum absolute atomic E-state index is 0.244. The van der Waals surface area contributed by atoms with Crippen molar-refractivity contribution >= 4 is 56.9 Å². The van der Waals surface area contributed by atoms with Crippen LogP contribution in [0.15, 0.2) is 121 Å². The molecule has 4 aromatic rings. The van der Waals surface area contributed by atoms with E-state index in [-0.39, 0.29) is 11.3 Å². The first-order valence-corrected chi connectivity index (χ1v) is 16.6. The standard InChI is InChI=1S/C28H28P2S2/c1-23(29(31,25-15-7-3-8-16-25)26-17-9-4-10-18-26)24(2)30(32,27-19-11-5-12-20-27)28-21-13-6-14-22-28/h3-24H,1-2H3. The van der Waals surface area contributed by atoms with Gasteiger partial charge in [0, 0.05) is 23.4 Å². The molecule has 32 heavy (non-hydrogen) atoms. The van der Waals surface area contributed by atoms with E-state index in [4.69, 9.17) is 23.6 Å². The van der Waals surface area contributed by atoms with Gasteiger partial charge in [-0.15, -0.1) is 0 Å². The van der Waals surface area contributed by atoms with Crippen LogP contribution < -0.4 is 21.2 Å². The van der Waals surface area contributed by atoms with Crippen LogP contribution in [0.2, 0.25) is 0 Å². The lowest BCUT2D eigenvalue weighted by molar-refractivity contribution is 0.910. The van der Waals surface area contributed by atoms with Gasteiger partial charge in [0.05, 0.1) is 0 Å². The maximum atomic E-state index is 6.69. The van der Waals surface area contributed by atoms with Crippen molar-refractivity contribution in [2.45, 2.75) is 25.2 Å². The van der Waals surface area contributed by atoms with Crippen molar-refractivity contribution in [2.75, 3.05) is 0 Å². The van der Waals surface area contributed by atoms with Gasteiger partial charge >= 0.3 is 0 Å². The molecule has 0 aliphatic heterocycles. The Morgan fingerprint density at radius 3 is 0.781 bits per heavy atom. The smallest absolute Gasteiger partial charge is 0.0139 e. The second kappa shape index (κ2) is 9.98. The minimum atomic E-state index is -2.11. The highest BCUT2D eigenvalue weighted by atomic mass is 32.4. The van der Waals surface area contributed by atoms with Gasteiger partial charge in [-0.1, -0.05) is 159 Å². The van der Waals surface area contributed by atoms with E-state index in [1.165, 1.54) is 21.2 Å². The van der Waals surface area contributed by atoms with Crippen LogP contribution in [0, 0.1) is 0 Å². The van der Waals surface area contributed by atoms with E-state index in [1.807, 2.05) is 0 Å². The fraction of sp³-hybridized carbons (Fsp3) is 0.143. The Morgan fingerprint density at radius 2 is 0.594 bits per heavy atom. The molecule has 0 spiro atoms. The van der Waals surface area contributed by atoms with Crippen LogP contribution in [0.25, 0.3) is 0 Å². The molecule has 0 saturated heterocycles. The van der Waals surface area contributed by atoms with Crippen molar-refractivity contribution in [3.63, 3.8) is 0 Å². The molecule has 0 saturated carbocycles. The Labute approximate surface area is 202 Å². The number of hydrogen-bond donors (Lipinski definition) is 0. The molecule has 0 N–H and O–H groups in total. The van der Waals surface area contributed by atoms with Gasteiger partial charge in [0.15, 0.2) is 0 Å². The molecule has 0 nitrogen and oxygen atoms in total. The average molecular weight is 491 g/mol. The Balaban J connectivity index is 1.91. The van der Waals surface area contributed by atoms with Crippen molar-refractivity contribution in [3.8, 4) is 0 Å². The van der Waals surface area contributed by atoms with Crippen LogP contribution in [0.5, 0.6) is 0 Å². The molecule has 0 bridgehead atoms. The van der Waals surface area contributed by atoms with Crippen molar-refractivity contribution in [3.05, 3.63) is 121 Å². The van der Waals surface area contributed by atoms with Crippen molar-refractivity contribution in [1.29, 1.82) is 0 Å². The molecule has 0 fully saturated rings. The van der Waals surface area contributed by atoms with Gasteiger partial charge in [-0.25, -0.2) is 0 Å². The third-order valence-corrected chi connectivity index (χ3v) is 18.6. The average Bonchev–Trinajstić information content (AvgIpc) is 2.89. The number of benzene rings is 4. The van der Waals surface area contributed by atoms with Crippen LogP contribution in [0.3, 0.4) is 0 Å². The van der Waals surface area contributed by atoms with Crippen molar-refractivity contribution in [2.24, 2.45) is 0 Å². The van der Waals surface area contributed by atoms with E-state index in [2.05, 4.69) is 135 Å². The normalized spacial score (nSPS) is 13.9. The fourth-order valence-electron chi connectivity index (χ4n) is 4.44. The molecule has 162 valence electrons. The van der Waals surface area contributed by atoms with Crippen LogP contribution in [-0.2, 0) is 23.6 Å². The van der Waals surface area contributed by atoms with Gasteiger partial charge < -0.3 is 0 Å². The van der Waals surface area contributed by atoms with E-state index in [1.54, 1.807) is 0 Å². The van der Waals surface area contributed by atoms with Crippen molar-refractivity contribution < 1.29 is 0 Å². The predicted octanol–water partition coefficient (Wildman–Crippen LogP) is 6.02. The predicted molar refractivity (Wildman–Crippen MR) is 152 cm³/mol. The summed E-state index contributed by atoms with van der Waals surface area (Å²) in [6, 6.07) is 38.7. The third kappa shape index (κ3) is 4.23. The maximum absolute atomic E-state index is 6.69. The van der Waals surface area contributed by atoms with Crippen LogP contribution in [0.4, 0.5) is 0 Å². The summed E-state index contributed by atoms with van der Waals surface area (Å²) in [7, 11) is 0. The molecular weight excluding hydrogens is 462 g/mol. The van der Waals surface area contributed by atoms with E-state index in [9.17, 15) is 0 Å². The SMILES string of the molecule is CC(C(C)P(=S)(c1ccccc1)c1ccccc1)P(=S)(c1ccccc1)c1ccccc1. The number of hydrogen-bond acceptors (Lipinski definition) is 2. The summed E-state index contributed by atoms with van der Waals surface area (Å²) in [6.07, 6.45) is 0. The molecule has 0 aliphatic rings. The maximum Gasteiger partial charge on any atom is 0.0139 e. The molecule has 4 rings (SSSR count). The molecule has 0 aromatic heterocycles. The zero-order valence-electron chi connectivity index (χ0n) is 18.4. The van der Waals surface area contributed by atoms with Gasteiger partial charge in [-0.2, -0.15) is 0 Å². The van der Waals surface area contributed by atoms with Crippen molar-refractivity contribution in [1.82, 2.24) is 0 Å². The molecule has 0 radical (unpaired) electrons. The summed E-state index contributed by atoms with van der Waals surface area (Å²) in [4.78, 5) is 0. The second-order valence-corrected chi connectivity index (χ2v) is 17.9. The van der Waals surface area contributed by atoms with Gasteiger partial charge in [0.25, 0.3) is 0 Å². The zero-order valence-corrected chi connectivity index (χ0v) is 21.8. The van der Waals surface area contributed by atoms with Crippen LogP contribution >= 0.6 is 12.1 Å². The Morgan fingerprint density at radius 1 is 0.406 bits per heavy atom. The largest absolute Gasteiger partial charge is 0.0873 e. The lowest BCUT2D eigenvalue weighted by atomic mass is 10.3. The minimum Gasteiger partial charge on any atom is -0.0873 e. The molecule has 0 amide bonds. The molecular formula is C28H28P2S2. The first-order chi connectivity index (χ1) is 15.5. The lowest BCUT2D eigenvalue weighted by Crippen LogP contribution is -2.35. The van der Waals surface area contributed by atoms with Gasteiger partial charge in [-0.05, 0) is 21.2 Å². The van der Waals surface area contributed by atoms with E-state index in [0.717, 1.165) is 0 Å². The first-order valence-electron chi connectivity index (χ1n) is 10.9. The number of rotatable bonds is 7. The molecule has 2 unspecified atom stereocenters. The van der Waals surface area contributed by atoms with E-state index >= 15 is 0 Å². The second-order valence-electron chi connectivity index (χ2n) is 8.14. The summed E-state index contributed by atoms with van der Waals surface area (Å²) in [5, 5.41) is 5.07. The molecule has 4 aromatic carbocycles. The van der Waals surface area contributed by atoms with Gasteiger partial charge in [0.1, 0.15) is 0 Å². The summed E-state index contributed by atoms with van der Waals surface area (Å²) >= 11 is 13.4. The monoisotopic (exact) mass is 490 g/mol. The Kier molecular flexibility index (Phi) is 7.28. The molecule has 0 aliphatic carbocycles. The van der Waals surface area contributed by atoms with Crippen LogP contribution in [-0.4, -0.2) is 11.3 Å². The molecule has 4 heteroatoms. The Hall–Kier alpha value is -1.82. The van der Waals surface area contributed by atoms with Crippen LogP contribution in [0.1, 0.15) is 13.8 Å². The summed E-state index contributed by atoms with van der Waals surface area (Å²) in [5.41, 5.74) is 0.488. The molecule has 0 heterocycles. The van der Waals surface area contributed by atoms with Gasteiger partial charge in [0.2, 0.25) is 0 Å². The lowest BCUT2D eigenvalue weighted by Gasteiger charge is -2.40.